The van der Waals surface area contributed by atoms with E-state index in [1.165, 1.54) is 14.2 Å². The van der Waals surface area contributed by atoms with Crippen molar-refractivity contribution in [3.63, 3.8) is 0 Å². The number of aromatic nitrogens is 1. The normalized spacial score (nSPS) is 26.5. The maximum atomic E-state index is 12.1. The summed E-state index contributed by atoms with van der Waals surface area (Å²) in [6.45, 7) is 0. The van der Waals surface area contributed by atoms with Crippen LogP contribution in [0.4, 0.5) is 0 Å². The van der Waals surface area contributed by atoms with E-state index in [0.29, 0.717) is 41.7 Å². The smallest absolute Gasteiger partial charge is 0.358 e. The molecule has 1 spiro atoms. The van der Waals surface area contributed by atoms with Crippen LogP contribution in [-0.2, 0) is 19.9 Å². The fraction of sp³-hybridized carbons (Fsp3) is 0.533. The molecule has 0 bridgehead atoms. The van der Waals surface area contributed by atoms with Gasteiger partial charge in [-0.2, -0.15) is 0 Å². The number of carbonyl (C=O) groups is 2. The molecule has 3 rings (SSSR count). The Morgan fingerprint density at radius 2 is 2.09 bits per heavy atom. The molecule has 118 valence electrons. The van der Waals surface area contributed by atoms with Gasteiger partial charge in [0.2, 0.25) is 5.88 Å². The van der Waals surface area contributed by atoms with Gasteiger partial charge in [0.05, 0.1) is 24.6 Å². The fourth-order valence-corrected chi connectivity index (χ4v) is 3.74. The second-order valence-corrected chi connectivity index (χ2v) is 6.41. The van der Waals surface area contributed by atoms with E-state index < -0.39 is 11.6 Å². The predicted octanol–water partition coefficient (Wildman–Crippen LogP) is 2.58. The molecule has 7 heteroatoms. The summed E-state index contributed by atoms with van der Waals surface area (Å²) in [5, 5.41) is 0. The van der Waals surface area contributed by atoms with Gasteiger partial charge in [-0.3, -0.25) is 4.79 Å². The minimum absolute atomic E-state index is 0.131. The first kappa shape index (κ1) is 15.3. The molecular weight excluding hydrogens is 354 g/mol. The third-order valence-electron chi connectivity index (χ3n) is 4.44. The predicted molar refractivity (Wildman–Crippen MR) is 79.6 cm³/mol. The van der Waals surface area contributed by atoms with Gasteiger partial charge in [-0.05, 0) is 47.7 Å². The number of methoxy groups -OCH3 is 2. The highest BCUT2D eigenvalue weighted by atomic mass is 79.9. The van der Waals surface area contributed by atoms with E-state index >= 15 is 0 Å². The number of carbonyl (C=O) groups excluding carboxylic acids is 2. The van der Waals surface area contributed by atoms with Gasteiger partial charge in [0.15, 0.2) is 5.69 Å². The third kappa shape index (κ3) is 2.27. The molecule has 0 saturated heterocycles. The van der Waals surface area contributed by atoms with Gasteiger partial charge in [0.25, 0.3) is 0 Å². The maximum absolute atomic E-state index is 12.1. The summed E-state index contributed by atoms with van der Waals surface area (Å²) in [4.78, 5) is 28.0. The summed E-state index contributed by atoms with van der Waals surface area (Å²) >= 11 is 3.40. The summed E-state index contributed by atoms with van der Waals surface area (Å²) in [7, 11) is 2.89. The molecule has 0 radical (unpaired) electrons. The lowest BCUT2D eigenvalue weighted by atomic mass is 9.75. The average molecular weight is 370 g/mol. The molecule has 1 saturated carbocycles. The number of halogens is 1. The summed E-state index contributed by atoms with van der Waals surface area (Å²) in [6.07, 6.45) is 2.43. The van der Waals surface area contributed by atoms with Gasteiger partial charge in [-0.1, -0.05) is 0 Å². The molecule has 22 heavy (non-hydrogen) atoms. The van der Waals surface area contributed by atoms with Crippen molar-refractivity contribution in [1.82, 2.24) is 4.98 Å². The largest absolute Gasteiger partial charge is 0.480 e. The van der Waals surface area contributed by atoms with Gasteiger partial charge >= 0.3 is 11.9 Å². The zero-order chi connectivity index (χ0) is 15.9. The van der Waals surface area contributed by atoms with Crippen LogP contribution < -0.4 is 4.74 Å². The van der Waals surface area contributed by atoms with Crippen LogP contribution in [0.3, 0.4) is 0 Å². The zero-order valence-electron chi connectivity index (χ0n) is 12.3. The Morgan fingerprint density at radius 3 is 2.68 bits per heavy atom. The summed E-state index contributed by atoms with van der Waals surface area (Å²) in [6, 6.07) is 1.84. The van der Waals surface area contributed by atoms with Gasteiger partial charge in [0.1, 0.15) is 5.60 Å². The summed E-state index contributed by atoms with van der Waals surface area (Å²) < 4.78 is 16.3. The molecule has 2 heterocycles. The highest BCUT2D eigenvalue weighted by Gasteiger charge is 2.50. The molecule has 6 nitrogen and oxygen atoms in total. The van der Waals surface area contributed by atoms with Crippen molar-refractivity contribution in [2.45, 2.75) is 31.3 Å². The van der Waals surface area contributed by atoms with Crippen LogP contribution in [0.25, 0.3) is 0 Å². The lowest BCUT2D eigenvalue weighted by Gasteiger charge is -2.35. The minimum atomic E-state index is -0.682. The molecule has 1 aliphatic heterocycles. The molecule has 0 atom stereocenters. The van der Waals surface area contributed by atoms with E-state index in [1.54, 1.807) is 0 Å². The maximum Gasteiger partial charge on any atom is 0.358 e. The molecule has 1 aliphatic carbocycles. The summed E-state index contributed by atoms with van der Waals surface area (Å²) in [5.74, 6) is -0.408. The minimum Gasteiger partial charge on any atom is -0.480 e. The van der Waals surface area contributed by atoms with Crippen LogP contribution in [0.15, 0.2) is 10.5 Å². The standard InChI is InChI=1S/C15H16BrNO5/c1-20-12-10(16)7-9-11(17-12)14(19)22-15(9)5-3-8(4-6-15)13(18)21-2/h7-8H,3-6H2,1-2H3/t8-,15-. The number of ether oxygens (including phenoxy) is 3. The number of nitrogens with zero attached hydrogens (tertiary/aromatic N) is 1. The van der Waals surface area contributed by atoms with Gasteiger partial charge in [-0.25, -0.2) is 9.78 Å². The monoisotopic (exact) mass is 369 g/mol. The van der Waals surface area contributed by atoms with Gasteiger partial charge in [0, 0.05) is 5.56 Å². The second kappa shape index (κ2) is 5.53. The number of rotatable bonds is 2. The Bertz CT molecular complexity index is 637. The molecule has 0 aromatic carbocycles. The first-order valence-electron chi connectivity index (χ1n) is 7.07. The highest BCUT2D eigenvalue weighted by Crippen LogP contribution is 2.49. The topological polar surface area (TPSA) is 74.7 Å². The van der Waals surface area contributed by atoms with Gasteiger partial charge < -0.3 is 14.2 Å². The molecule has 1 aromatic rings. The van der Waals surface area contributed by atoms with Crippen LogP contribution in [-0.4, -0.2) is 31.1 Å². The van der Waals surface area contributed by atoms with Crippen LogP contribution in [0.5, 0.6) is 5.88 Å². The third-order valence-corrected chi connectivity index (χ3v) is 5.01. The first-order valence-corrected chi connectivity index (χ1v) is 7.86. The molecule has 0 N–H and O–H groups in total. The second-order valence-electron chi connectivity index (χ2n) is 5.56. The number of pyridine rings is 1. The number of esters is 2. The van der Waals surface area contributed by atoms with Crippen molar-refractivity contribution in [2.75, 3.05) is 14.2 Å². The Hall–Kier alpha value is -1.63. The van der Waals surface area contributed by atoms with Crippen molar-refractivity contribution >= 4 is 27.9 Å². The van der Waals surface area contributed by atoms with E-state index in [-0.39, 0.29) is 11.9 Å². The van der Waals surface area contributed by atoms with Crippen LogP contribution in [0, 0.1) is 5.92 Å². The van der Waals surface area contributed by atoms with Crippen LogP contribution in [0.1, 0.15) is 41.7 Å². The lowest BCUT2D eigenvalue weighted by molar-refractivity contribution is -0.148. The van der Waals surface area contributed by atoms with Crippen molar-refractivity contribution in [1.29, 1.82) is 0 Å². The van der Waals surface area contributed by atoms with Crippen molar-refractivity contribution in [3.05, 3.63) is 21.8 Å². The summed E-state index contributed by atoms with van der Waals surface area (Å²) in [5.41, 5.74) is 0.392. The van der Waals surface area contributed by atoms with Crippen molar-refractivity contribution < 1.29 is 23.8 Å². The van der Waals surface area contributed by atoms with Crippen molar-refractivity contribution in [3.8, 4) is 5.88 Å². The Kier molecular flexibility index (Phi) is 3.84. The fourth-order valence-electron chi connectivity index (χ4n) is 3.26. The van der Waals surface area contributed by atoms with E-state index in [0.717, 1.165) is 5.56 Å². The molecule has 0 unspecified atom stereocenters. The molecule has 2 aliphatic rings. The molecule has 1 fully saturated rings. The van der Waals surface area contributed by atoms with Crippen LogP contribution >= 0.6 is 15.9 Å². The highest BCUT2D eigenvalue weighted by molar-refractivity contribution is 9.10. The van der Waals surface area contributed by atoms with Crippen LogP contribution in [0.2, 0.25) is 0 Å². The van der Waals surface area contributed by atoms with E-state index in [1.807, 2.05) is 6.07 Å². The van der Waals surface area contributed by atoms with E-state index in [9.17, 15) is 9.59 Å². The quantitative estimate of drug-likeness (QED) is 0.745. The van der Waals surface area contributed by atoms with E-state index in [4.69, 9.17) is 14.2 Å². The number of hydrogen-bond donors (Lipinski definition) is 0. The first-order chi connectivity index (χ1) is 10.5. The molecular formula is C15H16BrNO5. The number of hydrogen-bond acceptors (Lipinski definition) is 6. The Labute approximate surface area is 136 Å². The SMILES string of the molecule is COc1nc2c(cc1Br)[C@]1(CC[C@@H](C(=O)OC)CC1)OC2=O. The van der Waals surface area contributed by atoms with E-state index in [2.05, 4.69) is 20.9 Å². The Morgan fingerprint density at radius 1 is 1.41 bits per heavy atom. The Balaban J connectivity index is 1.92. The lowest BCUT2D eigenvalue weighted by Crippen LogP contribution is -2.34. The molecule has 0 amide bonds. The zero-order valence-corrected chi connectivity index (χ0v) is 13.9. The number of fused-ring (bicyclic) bond motifs is 2. The molecule has 1 aromatic heterocycles. The average Bonchev–Trinajstić information content (AvgIpc) is 2.78. The van der Waals surface area contributed by atoms with Gasteiger partial charge in [-0.15, -0.1) is 0 Å². The van der Waals surface area contributed by atoms with Crippen molar-refractivity contribution in [2.24, 2.45) is 5.92 Å².